The van der Waals surface area contributed by atoms with Crippen molar-refractivity contribution in [2.45, 2.75) is 30.9 Å². The van der Waals surface area contributed by atoms with Crippen molar-refractivity contribution >= 4 is 16.1 Å². The molecule has 1 aliphatic rings. The number of benzene rings is 3. The van der Waals surface area contributed by atoms with Crippen LogP contribution >= 0.6 is 0 Å². The lowest BCUT2D eigenvalue weighted by Crippen LogP contribution is -2.37. The highest BCUT2D eigenvalue weighted by molar-refractivity contribution is 7.85. The molecule has 4 rings (SSSR count). The lowest BCUT2D eigenvalue weighted by molar-refractivity contribution is -0.0498. The molecule has 0 bridgehead atoms. The maximum absolute atomic E-state index is 12.4. The van der Waals surface area contributed by atoms with Gasteiger partial charge in [-0.2, -0.15) is 17.2 Å². The van der Waals surface area contributed by atoms with Crippen LogP contribution in [0.15, 0.2) is 77.7 Å². The molecule has 1 fully saturated rings. The largest absolute Gasteiger partial charge is 0.497 e. The minimum absolute atomic E-state index is 0.0666. The zero-order valence-corrected chi connectivity index (χ0v) is 21.6. The molecule has 1 saturated heterocycles. The minimum atomic E-state index is -4.02. The maximum Gasteiger partial charge on any atom is 0.387 e. The van der Waals surface area contributed by atoms with Gasteiger partial charge >= 0.3 is 12.6 Å². The smallest absolute Gasteiger partial charge is 0.387 e. The first-order valence-corrected chi connectivity index (χ1v) is 13.0. The number of ether oxygens (including phenoxy) is 2. The van der Waals surface area contributed by atoms with Gasteiger partial charge < -0.3 is 14.4 Å². The summed E-state index contributed by atoms with van der Waals surface area (Å²) in [5.74, 6) is 6.65. The van der Waals surface area contributed by atoms with Gasteiger partial charge in [0.15, 0.2) is 0 Å². The van der Waals surface area contributed by atoms with E-state index >= 15 is 0 Å². The molecule has 0 spiro atoms. The molecule has 1 aliphatic heterocycles. The number of nitrogens with zero attached hydrogens (tertiary/aromatic N) is 2. The van der Waals surface area contributed by atoms with Crippen molar-refractivity contribution in [1.29, 1.82) is 0 Å². The average molecular weight is 550 g/mol. The van der Waals surface area contributed by atoms with Gasteiger partial charge in [-0.1, -0.05) is 42.0 Å². The van der Waals surface area contributed by atoms with Gasteiger partial charge in [0.05, 0.1) is 24.6 Å². The summed E-state index contributed by atoms with van der Waals surface area (Å²) in [6.45, 7) is -0.215. The van der Waals surface area contributed by atoms with Gasteiger partial charge in [-0.15, -0.1) is 0 Å². The Hall–Kier alpha value is -3.74. The van der Waals surface area contributed by atoms with Crippen LogP contribution < -0.4 is 15.3 Å². The van der Waals surface area contributed by atoms with Gasteiger partial charge in [-0.3, -0.25) is 9.56 Å². The number of methoxy groups -OCH3 is 1. The van der Waals surface area contributed by atoms with Crippen LogP contribution in [0.1, 0.15) is 22.7 Å². The molecule has 38 heavy (non-hydrogen) atoms. The molecule has 204 valence electrons. The third kappa shape index (κ3) is 7.88. The summed E-state index contributed by atoms with van der Waals surface area (Å²) in [5, 5.41) is 1.17. The zero-order chi connectivity index (χ0) is 27.9. The van der Waals surface area contributed by atoms with Crippen LogP contribution in [0.5, 0.6) is 11.5 Å². The third-order valence-corrected chi connectivity index (χ3v) is 6.71. The molecule has 0 aliphatic carbocycles. The molecule has 1 unspecified atom stereocenters. The van der Waals surface area contributed by atoms with Crippen LogP contribution in [-0.2, 0) is 16.5 Å². The lowest BCUT2D eigenvalue weighted by atomic mass is 10.1. The van der Waals surface area contributed by atoms with Crippen LogP contribution in [0.4, 0.5) is 13.6 Å². The highest BCUT2D eigenvalue weighted by atomic mass is 32.2. The highest BCUT2D eigenvalue weighted by Gasteiger charge is 2.36. The van der Waals surface area contributed by atoms with E-state index in [9.17, 15) is 22.0 Å². The number of urea groups is 1. The first-order valence-electron chi connectivity index (χ1n) is 11.5. The first kappa shape index (κ1) is 28.8. The molecule has 0 saturated carbocycles. The Kier molecular flexibility index (Phi) is 9.61. The average Bonchev–Trinajstić information content (AvgIpc) is 3.16. The predicted molar refractivity (Wildman–Crippen MR) is 137 cm³/mol. The fraction of sp³-hybridized carbons (Fsp3) is 0.269. The van der Waals surface area contributed by atoms with E-state index in [1.165, 1.54) is 29.3 Å². The second kappa shape index (κ2) is 12.7. The van der Waals surface area contributed by atoms with Gasteiger partial charge in [0.25, 0.3) is 10.1 Å². The number of amides is 2. The summed E-state index contributed by atoms with van der Waals surface area (Å²) in [6, 6.07) is 19.4. The molecule has 1 heterocycles. The van der Waals surface area contributed by atoms with Gasteiger partial charge in [0.2, 0.25) is 0 Å². The standard InChI is InChI=1S/C19H21F2N3O3.C7H8O3S/c1-26-15-6-2-13(3-7-15)10-11-23-17(12-24(22)19(23)25)14-4-8-16(9-5-14)27-18(20)21;1-6-2-4-7(5-3-6)11(8,9)10/h2-9,17-18H,10-12,22H2,1H3;2-5H,1H3,(H,8,9,10). The Morgan fingerprint density at radius 1 is 1.00 bits per heavy atom. The number of nitrogens with two attached hydrogens (primary N) is 1. The van der Waals surface area contributed by atoms with E-state index in [4.69, 9.17) is 15.1 Å². The van der Waals surface area contributed by atoms with Crippen molar-refractivity contribution in [1.82, 2.24) is 9.91 Å². The normalized spacial score (nSPS) is 15.3. The van der Waals surface area contributed by atoms with E-state index in [0.717, 1.165) is 22.4 Å². The first-order chi connectivity index (χ1) is 18.0. The van der Waals surface area contributed by atoms with E-state index in [1.54, 1.807) is 36.3 Å². The van der Waals surface area contributed by atoms with E-state index < -0.39 is 16.7 Å². The summed E-state index contributed by atoms with van der Waals surface area (Å²) < 4.78 is 63.6. The highest BCUT2D eigenvalue weighted by Crippen LogP contribution is 2.30. The van der Waals surface area contributed by atoms with Crippen molar-refractivity contribution in [3.05, 3.63) is 89.5 Å². The van der Waals surface area contributed by atoms with Gasteiger partial charge in [0.1, 0.15) is 11.5 Å². The monoisotopic (exact) mass is 549 g/mol. The van der Waals surface area contributed by atoms with Crippen molar-refractivity contribution in [2.75, 3.05) is 20.2 Å². The molecule has 9 nitrogen and oxygen atoms in total. The molecule has 12 heteroatoms. The Labute approximate surface area is 220 Å². The number of alkyl halides is 2. The number of hydrogen-bond acceptors (Lipinski definition) is 6. The fourth-order valence-electron chi connectivity index (χ4n) is 3.82. The van der Waals surface area contributed by atoms with Crippen molar-refractivity contribution in [3.8, 4) is 11.5 Å². The Balaban J connectivity index is 0.000000304. The predicted octanol–water partition coefficient (Wildman–Crippen LogP) is 4.43. The summed E-state index contributed by atoms with van der Waals surface area (Å²) in [7, 11) is -2.41. The van der Waals surface area contributed by atoms with Crippen LogP contribution in [0, 0.1) is 6.92 Å². The molecular weight excluding hydrogens is 520 g/mol. The molecule has 0 aromatic heterocycles. The molecule has 1 atom stereocenters. The molecular formula is C26H29F2N3O6S. The zero-order valence-electron chi connectivity index (χ0n) is 20.8. The molecule has 3 aromatic rings. The molecule has 3 aromatic carbocycles. The van der Waals surface area contributed by atoms with Crippen molar-refractivity contribution < 1.29 is 36.0 Å². The van der Waals surface area contributed by atoms with Gasteiger partial charge in [-0.25, -0.2) is 10.6 Å². The summed E-state index contributed by atoms with van der Waals surface area (Å²) in [6.07, 6.45) is 0.659. The van der Waals surface area contributed by atoms with Gasteiger partial charge in [-0.05, 0) is 60.9 Å². The number of rotatable bonds is 8. The summed E-state index contributed by atoms with van der Waals surface area (Å²) >= 11 is 0. The maximum atomic E-state index is 12.4. The topological polar surface area (TPSA) is 122 Å². The summed E-state index contributed by atoms with van der Waals surface area (Å²) in [5.41, 5.74) is 2.84. The number of hydrazine groups is 1. The van der Waals surface area contributed by atoms with E-state index in [1.807, 2.05) is 31.2 Å². The van der Waals surface area contributed by atoms with Crippen LogP contribution in [0.3, 0.4) is 0 Å². The van der Waals surface area contributed by atoms with E-state index in [-0.39, 0.29) is 22.7 Å². The third-order valence-electron chi connectivity index (χ3n) is 5.85. The molecule has 2 amide bonds. The minimum Gasteiger partial charge on any atom is -0.497 e. The Bertz CT molecular complexity index is 1300. The fourth-order valence-corrected chi connectivity index (χ4v) is 4.30. The quantitative estimate of drug-likeness (QED) is 0.242. The van der Waals surface area contributed by atoms with Crippen LogP contribution in [0.25, 0.3) is 0 Å². The van der Waals surface area contributed by atoms with E-state index in [0.29, 0.717) is 19.5 Å². The number of carbonyl (C=O) groups is 1. The van der Waals surface area contributed by atoms with E-state index in [2.05, 4.69) is 4.74 Å². The van der Waals surface area contributed by atoms with Crippen LogP contribution in [0.2, 0.25) is 0 Å². The SMILES string of the molecule is COc1ccc(CCN2C(=O)N(N)CC2c2ccc(OC(F)F)cc2)cc1.Cc1ccc(S(=O)(=O)O)cc1. The second-order valence-electron chi connectivity index (χ2n) is 8.48. The van der Waals surface area contributed by atoms with Crippen LogP contribution in [-0.4, -0.2) is 55.7 Å². The second-order valence-corrected chi connectivity index (χ2v) is 9.90. The number of halogens is 2. The number of aryl methyl sites for hydroxylation is 1. The number of hydrogen-bond donors (Lipinski definition) is 2. The van der Waals surface area contributed by atoms with Crippen molar-refractivity contribution in [3.63, 3.8) is 0 Å². The number of carbonyl (C=O) groups excluding carboxylic acids is 1. The van der Waals surface area contributed by atoms with Gasteiger partial charge in [0, 0.05) is 6.54 Å². The lowest BCUT2D eigenvalue weighted by Gasteiger charge is -2.23. The Morgan fingerprint density at radius 2 is 1.58 bits per heavy atom. The molecule has 3 N–H and O–H groups in total. The summed E-state index contributed by atoms with van der Waals surface area (Å²) in [4.78, 5) is 14.0. The Morgan fingerprint density at radius 3 is 2.11 bits per heavy atom. The van der Waals surface area contributed by atoms with Crippen molar-refractivity contribution in [2.24, 2.45) is 5.84 Å². The molecule has 0 radical (unpaired) electrons.